The lowest BCUT2D eigenvalue weighted by Gasteiger charge is -2.26. The van der Waals surface area contributed by atoms with E-state index in [-0.39, 0.29) is 11.9 Å². The molecule has 1 aromatic rings. The van der Waals surface area contributed by atoms with Crippen molar-refractivity contribution in [3.8, 4) is 5.75 Å². The number of aliphatic hydroxyl groups excluding tert-OH is 1. The summed E-state index contributed by atoms with van der Waals surface area (Å²) in [5.41, 5.74) is 1.11. The number of ether oxygens (including phenoxy) is 1. The predicted molar refractivity (Wildman–Crippen MR) is 79.0 cm³/mol. The molecule has 21 heavy (non-hydrogen) atoms. The third kappa shape index (κ3) is 3.36. The molecule has 1 amide bonds. The Morgan fingerprint density at radius 1 is 1.38 bits per heavy atom. The van der Waals surface area contributed by atoms with Crippen molar-refractivity contribution in [1.82, 2.24) is 10.2 Å². The van der Waals surface area contributed by atoms with Crippen LogP contribution in [0.2, 0.25) is 0 Å². The van der Waals surface area contributed by atoms with Crippen molar-refractivity contribution in [1.29, 1.82) is 0 Å². The summed E-state index contributed by atoms with van der Waals surface area (Å²) in [6, 6.07) is 7.96. The van der Waals surface area contributed by atoms with E-state index in [0.29, 0.717) is 25.6 Å². The van der Waals surface area contributed by atoms with Crippen LogP contribution in [0.3, 0.4) is 0 Å². The third-order valence-corrected chi connectivity index (χ3v) is 4.19. The lowest BCUT2D eigenvalue weighted by atomic mass is 10.1. The van der Waals surface area contributed by atoms with Gasteiger partial charge in [-0.15, -0.1) is 0 Å². The van der Waals surface area contributed by atoms with Crippen molar-refractivity contribution in [3.63, 3.8) is 0 Å². The number of β-amino-alcohol motifs (C(OH)–C–C–N with tert-alkyl or cyclic N) is 1. The molecular weight excluding hydrogens is 268 g/mol. The van der Waals surface area contributed by atoms with Gasteiger partial charge in [-0.2, -0.15) is 0 Å². The molecule has 1 saturated heterocycles. The number of nitrogens with zero attached hydrogens (tertiary/aromatic N) is 1. The maximum atomic E-state index is 12.6. The maximum Gasteiger partial charge on any atom is 0.240 e. The normalized spacial score (nSPS) is 24.9. The van der Waals surface area contributed by atoms with Gasteiger partial charge in [0.2, 0.25) is 5.91 Å². The van der Waals surface area contributed by atoms with E-state index in [9.17, 15) is 9.90 Å². The van der Waals surface area contributed by atoms with E-state index in [1.54, 1.807) is 7.11 Å². The van der Waals surface area contributed by atoms with Crippen LogP contribution in [0.5, 0.6) is 5.75 Å². The van der Waals surface area contributed by atoms with Crippen LogP contribution in [0.15, 0.2) is 24.3 Å². The summed E-state index contributed by atoms with van der Waals surface area (Å²) < 4.78 is 5.16. The maximum absolute atomic E-state index is 12.6. The molecule has 0 bridgehead atoms. The molecule has 0 aromatic heterocycles. The zero-order chi connectivity index (χ0) is 14.8. The topological polar surface area (TPSA) is 61.8 Å². The molecule has 5 heteroatoms. The van der Waals surface area contributed by atoms with Crippen molar-refractivity contribution in [3.05, 3.63) is 29.8 Å². The van der Waals surface area contributed by atoms with Crippen LogP contribution in [0.4, 0.5) is 0 Å². The van der Waals surface area contributed by atoms with Gasteiger partial charge in [-0.05, 0) is 37.0 Å². The molecule has 5 nitrogen and oxygen atoms in total. The second-order valence-corrected chi connectivity index (χ2v) is 5.90. The third-order valence-electron chi connectivity index (χ3n) is 4.19. The molecule has 0 spiro atoms. The predicted octanol–water partition coefficient (Wildman–Crippen LogP) is 0.909. The molecule has 1 aliphatic heterocycles. The Labute approximate surface area is 124 Å². The highest BCUT2D eigenvalue weighted by atomic mass is 16.5. The van der Waals surface area contributed by atoms with Gasteiger partial charge in [-0.3, -0.25) is 4.79 Å². The summed E-state index contributed by atoms with van der Waals surface area (Å²) in [7, 11) is 1.64. The SMILES string of the molecule is COc1ccc(CN(C(=O)C2CC(O)CN2)C2CC2)cc1. The monoisotopic (exact) mass is 290 g/mol. The van der Waals surface area contributed by atoms with Gasteiger partial charge >= 0.3 is 0 Å². The van der Waals surface area contributed by atoms with Gasteiger partial charge in [0.25, 0.3) is 0 Å². The van der Waals surface area contributed by atoms with Crippen LogP contribution < -0.4 is 10.1 Å². The summed E-state index contributed by atoms with van der Waals surface area (Å²) >= 11 is 0. The molecule has 1 aliphatic carbocycles. The minimum atomic E-state index is -0.402. The first kappa shape index (κ1) is 14.4. The van der Waals surface area contributed by atoms with Gasteiger partial charge in [0.05, 0.1) is 19.3 Å². The van der Waals surface area contributed by atoms with E-state index in [4.69, 9.17) is 4.74 Å². The molecule has 2 aliphatic rings. The lowest BCUT2D eigenvalue weighted by Crippen LogP contribution is -2.44. The fourth-order valence-corrected chi connectivity index (χ4v) is 2.81. The fourth-order valence-electron chi connectivity index (χ4n) is 2.81. The van der Waals surface area contributed by atoms with Gasteiger partial charge in [0.15, 0.2) is 0 Å². The van der Waals surface area contributed by atoms with Crippen molar-refractivity contribution in [2.45, 2.75) is 44.0 Å². The zero-order valence-electron chi connectivity index (χ0n) is 12.3. The van der Waals surface area contributed by atoms with E-state index in [1.807, 2.05) is 29.2 Å². The number of carbonyl (C=O) groups is 1. The van der Waals surface area contributed by atoms with Crippen LogP contribution >= 0.6 is 0 Å². The Bertz CT molecular complexity index is 499. The van der Waals surface area contributed by atoms with E-state index in [0.717, 1.165) is 24.2 Å². The van der Waals surface area contributed by atoms with Gasteiger partial charge in [0, 0.05) is 19.1 Å². The number of amides is 1. The number of nitrogens with one attached hydrogen (secondary N) is 1. The Kier molecular flexibility index (Phi) is 4.12. The quantitative estimate of drug-likeness (QED) is 0.846. The largest absolute Gasteiger partial charge is 0.497 e. The van der Waals surface area contributed by atoms with Crippen molar-refractivity contribution >= 4 is 5.91 Å². The number of rotatable bonds is 5. The molecular formula is C16H22N2O3. The Hall–Kier alpha value is -1.59. The first-order chi connectivity index (χ1) is 10.2. The molecule has 2 N–H and O–H groups in total. The highest BCUT2D eigenvalue weighted by molar-refractivity contribution is 5.83. The standard InChI is InChI=1S/C16H22N2O3/c1-21-14-6-2-11(3-7-14)10-18(12-4-5-12)16(20)15-8-13(19)9-17-15/h2-3,6-7,12-13,15,17,19H,4-5,8-10H2,1H3. The average Bonchev–Trinajstić information content (AvgIpc) is 3.26. The summed E-state index contributed by atoms with van der Waals surface area (Å²) in [6.07, 6.45) is 2.28. The molecule has 2 unspecified atom stereocenters. The van der Waals surface area contributed by atoms with Gasteiger partial charge in [-0.25, -0.2) is 0 Å². The minimum absolute atomic E-state index is 0.116. The molecule has 0 radical (unpaired) electrons. The molecule has 2 fully saturated rings. The lowest BCUT2D eigenvalue weighted by molar-refractivity contribution is -0.134. The average molecular weight is 290 g/mol. The molecule has 1 aromatic carbocycles. The van der Waals surface area contributed by atoms with E-state index in [2.05, 4.69) is 5.32 Å². The number of methoxy groups -OCH3 is 1. The van der Waals surface area contributed by atoms with Gasteiger partial charge in [-0.1, -0.05) is 12.1 Å². The van der Waals surface area contributed by atoms with Crippen molar-refractivity contribution in [2.24, 2.45) is 0 Å². The number of benzene rings is 1. The van der Waals surface area contributed by atoms with Crippen LogP contribution in [0, 0.1) is 0 Å². The number of carbonyl (C=O) groups excluding carboxylic acids is 1. The highest BCUT2D eigenvalue weighted by Gasteiger charge is 2.38. The first-order valence-corrected chi connectivity index (χ1v) is 7.52. The number of hydrogen-bond acceptors (Lipinski definition) is 4. The fraction of sp³-hybridized carbons (Fsp3) is 0.562. The van der Waals surface area contributed by atoms with Crippen molar-refractivity contribution < 1.29 is 14.6 Å². The second-order valence-electron chi connectivity index (χ2n) is 5.90. The molecule has 114 valence electrons. The summed E-state index contributed by atoms with van der Waals surface area (Å²) in [4.78, 5) is 14.6. The number of hydrogen-bond donors (Lipinski definition) is 2. The summed E-state index contributed by atoms with van der Waals surface area (Å²) in [5.74, 6) is 0.938. The summed E-state index contributed by atoms with van der Waals surface area (Å²) in [6.45, 7) is 1.14. The van der Waals surface area contributed by atoms with E-state index >= 15 is 0 Å². The van der Waals surface area contributed by atoms with Gasteiger partial charge in [0.1, 0.15) is 5.75 Å². The molecule has 1 heterocycles. The smallest absolute Gasteiger partial charge is 0.240 e. The molecule has 2 atom stereocenters. The second kappa shape index (κ2) is 6.03. The van der Waals surface area contributed by atoms with Crippen LogP contribution in [0.25, 0.3) is 0 Å². The Morgan fingerprint density at radius 3 is 2.62 bits per heavy atom. The van der Waals surface area contributed by atoms with E-state index in [1.165, 1.54) is 0 Å². The summed E-state index contributed by atoms with van der Waals surface area (Å²) in [5, 5.41) is 12.7. The Morgan fingerprint density at radius 2 is 2.10 bits per heavy atom. The van der Waals surface area contributed by atoms with Crippen LogP contribution in [0.1, 0.15) is 24.8 Å². The molecule has 1 saturated carbocycles. The first-order valence-electron chi connectivity index (χ1n) is 7.52. The highest BCUT2D eigenvalue weighted by Crippen LogP contribution is 2.30. The van der Waals surface area contributed by atoms with E-state index < -0.39 is 6.10 Å². The molecule has 3 rings (SSSR count). The Balaban J connectivity index is 1.68. The van der Waals surface area contributed by atoms with Crippen LogP contribution in [-0.2, 0) is 11.3 Å². The minimum Gasteiger partial charge on any atom is -0.497 e. The van der Waals surface area contributed by atoms with Crippen LogP contribution in [-0.4, -0.2) is 47.8 Å². The van der Waals surface area contributed by atoms with Gasteiger partial charge < -0.3 is 20.1 Å². The number of aliphatic hydroxyl groups is 1. The van der Waals surface area contributed by atoms with Crippen molar-refractivity contribution in [2.75, 3.05) is 13.7 Å². The zero-order valence-corrected chi connectivity index (χ0v) is 12.3.